The maximum Gasteiger partial charge on any atom is 0.274 e. The van der Waals surface area contributed by atoms with Crippen molar-refractivity contribution >= 4 is 22.5 Å². The Labute approximate surface area is 219 Å². The number of ether oxygens (including phenoxy) is 1. The van der Waals surface area contributed by atoms with Gasteiger partial charge in [-0.2, -0.15) is 5.10 Å². The van der Waals surface area contributed by atoms with Gasteiger partial charge in [0, 0.05) is 29.9 Å². The molecule has 6 rings (SSSR count). The molecule has 0 saturated heterocycles. The molecule has 3 aliphatic rings. The molecule has 2 heterocycles. The Bertz CT molecular complexity index is 1290. The van der Waals surface area contributed by atoms with E-state index >= 15 is 0 Å². The predicted molar refractivity (Wildman–Crippen MR) is 148 cm³/mol. The average Bonchev–Trinajstić information content (AvgIpc) is 3.85. The largest absolute Gasteiger partial charge is 0.490 e. The van der Waals surface area contributed by atoms with Gasteiger partial charge in [0.2, 0.25) is 0 Å². The van der Waals surface area contributed by atoms with E-state index in [2.05, 4.69) is 23.1 Å². The highest BCUT2D eigenvalue weighted by Gasteiger charge is 2.29. The standard InChI is InChI=1S/C28H34N4O3.C2H6/c1-2-4-18-6-8-21(9-7-18)32-17-19-15-23(26(16-25(19)30-32)35-22-12-13-22)27(33)29-24-5-3-14-31(28(24)34)20-10-11-20;1-2/h3,5,14-18,20-22H,2,4,6-13H2,1H3,(H,29,33);1-2H3. The SMILES string of the molecule is CC.CCCC1CCC(n2cc3cc(C(=O)Nc4cccn(C5CC5)c4=O)c(OC4CC4)cc3n2)CC1. The zero-order chi connectivity index (χ0) is 25.9. The summed E-state index contributed by atoms with van der Waals surface area (Å²) in [5.41, 5.74) is 1.46. The molecular formula is C30H40N4O3. The number of aromatic nitrogens is 3. The van der Waals surface area contributed by atoms with Crippen molar-refractivity contribution in [2.75, 3.05) is 5.32 Å². The number of hydrogen-bond acceptors (Lipinski definition) is 4. The molecule has 3 aromatic rings. The zero-order valence-electron chi connectivity index (χ0n) is 22.4. The Kier molecular flexibility index (Phi) is 7.68. The Morgan fingerprint density at radius 2 is 1.78 bits per heavy atom. The third kappa shape index (κ3) is 5.76. The zero-order valence-corrected chi connectivity index (χ0v) is 22.4. The molecule has 1 N–H and O–H groups in total. The number of hydrogen-bond donors (Lipinski definition) is 1. The lowest BCUT2D eigenvalue weighted by Gasteiger charge is -2.28. The van der Waals surface area contributed by atoms with Crippen molar-refractivity contribution in [1.82, 2.24) is 14.3 Å². The van der Waals surface area contributed by atoms with Crippen molar-refractivity contribution in [1.29, 1.82) is 0 Å². The molecule has 198 valence electrons. The van der Waals surface area contributed by atoms with Crippen molar-refractivity contribution in [3.63, 3.8) is 0 Å². The number of rotatable bonds is 8. The number of carbonyl (C=O) groups excluding carboxylic acids is 1. The second-order valence-corrected chi connectivity index (χ2v) is 10.6. The number of fused-ring (bicyclic) bond motifs is 1. The number of nitrogens with zero attached hydrogens (tertiary/aromatic N) is 3. The minimum Gasteiger partial charge on any atom is -0.490 e. The first-order chi connectivity index (χ1) is 18.1. The second kappa shape index (κ2) is 11.1. The maximum absolute atomic E-state index is 13.4. The van der Waals surface area contributed by atoms with E-state index in [1.165, 1.54) is 25.7 Å². The summed E-state index contributed by atoms with van der Waals surface area (Å²) in [4.78, 5) is 26.2. The van der Waals surface area contributed by atoms with Crippen LogP contribution < -0.4 is 15.6 Å². The van der Waals surface area contributed by atoms with Gasteiger partial charge in [-0.15, -0.1) is 0 Å². The summed E-state index contributed by atoms with van der Waals surface area (Å²) in [5, 5.41) is 8.67. The lowest BCUT2D eigenvalue weighted by molar-refractivity contribution is 0.102. The van der Waals surface area contributed by atoms with Crippen molar-refractivity contribution < 1.29 is 9.53 Å². The monoisotopic (exact) mass is 504 g/mol. The van der Waals surface area contributed by atoms with Gasteiger partial charge in [0.1, 0.15) is 11.4 Å². The van der Waals surface area contributed by atoms with Gasteiger partial charge in [0.25, 0.3) is 11.5 Å². The molecule has 1 amide bonds. The van der Waals surface area contributed by atoms with E-state index in [0.29, 0.717) is 23.0 Å². The summed E-state index contributed by atoms with van der Waals surface area (Å²) in [7, 11) is 0. The highest BCUT2D eigenvalue weighted by molar-refractivity contribution is 6.08. The molecule has 37 heavy (non-hydrogen) atoms. The van der Waals surface area contributed by atoms with E-state index in [4.69, 9.17) is 9.84 Å². The van der Waals surface area contributed by atoms with Crippen molar-refractivity contribution in [3.05, 3.63) is 52.6 Å². The normalized spacial score (nSPS) is 21.3. The van der Waals surface area contributed by atoms with Crippen LogP contribution in [-0.4, -0.2) is 26.4 Å². The van der Waals surface area contributed by atoms with E-state index in [0.717, 1.165) is 55.3 Å². The molecular weight excluding hydrogens is 464 g/mol. The molecule has 7 nitrogen and oxygen atoms in total. The Hall–Kier alpha value is -3.09. The third-order valence-electron chi connectivity index (χ3n) is 7.74. The van der Waals surface area contributed by atoms with Crippen LogP contribution in [0.1, 0.15) is 107 Å². The van der Waals surface area contributed by atoms with Crippen LogP contribution in [0.5, 0.6) is 5.75 Å². The Balaban J connectivity index is 0.00000137. The number of benzene rings is 1. The van der Waals surface area contributed by atoms with Crippen molar-refractivity contribution in [2.45, 2.75) is 103 Å². The molecule has 0 radical (unpaired) electrons. The number of carbonyl (C=O) groups is 1. The predicted octanol–water partition coefficient (Wildman–Crippen LogP) is 6.88. The van der Waals surface area contributed by atoms with Crippen molar-refractivity contribution in [3.8, 4) is 5.75 Å². The summed E-state index contributed by atoms with van der Waals surface area (Å²) < 4.78 is 9.95. The first kappa shape index (κ1) is 25.6. The molecule has 7 heteroatoms. The summed E-state index contributed by atoms with van der Waals surface area (Å²) in [5.74, 6) is 1.08. The number of amides is 1. The first-order valence-corrected chi connectivity index (χ1v) is 14.3. The fraction of sp³-hybridized carbons (Fsp3) is 0.567. The minimum atomic E-state index is -0.318. The highest BCUT2D eigenvalue weighted by Crippen LogP contribution is 2.37. The van der Waals surface area contributed by atoms with Crippen LogP contribution in [0.3, 0.4) is 0 Å². The molecule has 0 spiro atoms. The summed E-state index contributed by atoms with van der Waals surface area (Å²) in [6.45, 7) is 6.27. The molecule has 1 aromatic carbocycles. The van der Waals surface area contributed by atoms with E-state index in [-0.39, 0.29) is 23.6 Å². The Morgan fingerprint density at radius 3 is 2.46 bits per heavy atom. The summed E-state index contributed by atoms with van der Waals surface area (Å²) in [6.07, 6.45) is 15.4. The van der Waals surface area contributed by atoms with Crippen molar-refractivity contribution in [2.24, 2.45) is 5.92 Å². The third-order valence-corrected chi connectivity index (χ3v) is 7.74. The summed E-state index contributed by atoms with van der Waals surface area (Å²) in [6, 6.07) is 7.93. The van der Waals surface area contributed by atoms with Gasteiger partial charge in [-0.25, -0.2) is 0 Å². The summed E-state index contributed by atoms with van der Waals surface area (Å²) >= 11 is 0. The van der Waals surface area contributed by atoms with Crippen LogP contribution in [0, 0.1) is 5.92 Å². The molecule has 0 unspecified atom stereocenters. The fourth-order valence-corrected chi connectivity index (χ4v) is 5.44. The van der Waals surface area contributed by atoms with Crippen LogP contribution in [0.2, 0.25) is 0 Å². The molecule has 2 aromatic heterocycles. The number of anilines is 1. The molecule has 0 aliphatic heterocycles. The van der Waals surface area contributed by atoms with Gasteiger partial charge >= 0.3 is 0 Å². The van der Waals surface area contributed by atoms with Gasteiger partial charge in [-0.1, -0.05) is 33.6 Å². The van der Waals surface area contributed by atoms with Gasteiger partial charge < -0.3 is 14.6 Å². The lowest BCUT2D eigenvalue weighted by atomic mass is 9.83. The molecule has 3 fully saturated rings. The fourth-order valence-electron chi connectivity index (χ4n) is 5.44. The van der Waals surface area contributed by atoms with Gasteiger partial charge in [0.15, 0.2) is 0 Å². The topological polar surface area (TPSA) is 78.2 Å². The minimum absolute atomic E-state index is 0.152. The van der Waals surface area contributed by atoms with E-state index in [9.17, 15) is 9.59 Å². The molecule has 3 aliphatic carbocycles. The number of pyridine rings is 1. The van der Waals surface area contributed by atoms with E-state index in [1.807, 2.05) is 32.0 Å². The molecule has 3 saturated carbocycles. The first-order valence-electron chi connectivity index (χ1n) is 14.3. The van der Waals surface area contributed by atoms with Crippen LogP contribution in [0.25, 0.3) is 10.9 Å². The molecule has 0 atom stereocenters. The number of nitrogens with one attached hydrogen (secondary N) is 1. The maximum atomic E-state index is 13.4. The van der Waals surface area contributed by atoms with Crippen LogP contribution in [0.4, 0.5) is 5.69 Å². The van der Waals surface area contributed by atoms with Crippen LogP contribution in [0.15, 0.2) is 41.5 Å². The van der Waals surface area contributed by atoms with Crippen LogP contribution >= 0.6 is 0 Å². The smallest absolute Gasteiger partial charge is 0.274 e. The van der Waals surface area contributed by atoms with E-state index < -0.39 is 0 Å². The Morgan fingerprint density at radius 1 is 1.05 bits per heavy atom. The highest BCUT2D eigenvalue weighted by atomic mass is 16.5. The second-order valence-electron chi connectivity index (χ2n) is 10.6. The van der Waals surface area contributed by atoms with Gasteiger partial charge in [-0.05, 0) is 75.5 Å². The van der Waals surface area contributed by atoms with Gasteiger partial charge in [-0.3, -0.25) is 14.3 Å². The van der Waals surface area contributed by atoms with E-state index in [1.54, 1.807) is 16.8 Å². The van der Waals surface area contributed by atoms with Crippen LogP contribution in [-0.2, 0) is 0 Å². The lowest BCUT2D eigenvalue weighted by Crippen LogP contribution is -2.25. The quantitative estimate of drug-likeness (QED) is 0.362. The molecule has 0 bridgehead atoms. The average molecular weight is 505 g/mol. The van der Waals surface area contributed by atoms with Gasteiger partial charge in [0.05, 0.1) is 23.2 Å².